The third-order valence-electron chi connectivity index (χ3n) is 5.33. The molecule has 1 aliphatic heterocycles. The predicted molar refractivity (Wildman–Crippen MR) is 127 cm³/mol. The van der Waals surface area contributed by atoms with Crippen molar-refractivity contribution < 1.29 is 23.4 Å². The van der Waals surface area contributed by atoms with Gasteiger partial charge in [0.05, 0.1) is 30.0 Å². The lowest BCUT2D eigenvalue weighted by atomic mass is 10.3. The SMILES string of the molecule is CCOc1ccc(OCC(=O)N(CCCN2CCOCC2)c2nc3ccc(F)cc3s2)cc1. The highest BCUT2D eigenvalue weighted by Crippen LogP contribution is 2.30. The van der Waals surface area contributed by atoms with Crippen LogP contribution in [0.3, 0.4) is 0 Å². The van der Waals surface area contributed by atoms with Crippen molar-refractivity contribution in [2.45, 2.75) is 13.3 Å². The number of thiazole rings is 1. The highest BCUT2D eigenvalue weighted by molar-refractivity contribution is 7.22. The summed E-state index contributed by atoms with van der Waals surface area (Å²) < 4.78 is 30.9. The smallest absolute Gasteiger partial charge is 0.266 e. The summed E-state index contributed by atoms with van der Waals surface area (Å²) in [6, 6.07) is 11.6. The van der Waals surface area contributed by atoms with Crippen LogP contribution in [0.15, 0.2) is 42.5 Å². The Labute approximate surface area is 196 Å². The molecule has 2 heterocycles. The average molecular weight is 474 g/mol. The second kappa shape index (κ2) is 11.4. The number of ether oxygens (including phenoxy) is 3. The summed E-state index contributed by atoms with van der Waals surface area (Å²) in [6.45, 7) is 7.04. The summed E-state index contributed by atoms with van der Waals surface area (Å²) in [4.78, 5) is 21.7. The molecule has 0 atom stereocenters. The fourth-order valence-electron chi connectivity index (χ4n) is 3.63. The van der Waals surface area contributed by atoms with Crippen LogP contribution in [0.1, 0.15) is 13.3 Å². The van der Waals surface area contributed by atoms with Gasteiger partial charge in [0.25, 0.3) is 5.91 Å². The fraction of sp³-hybridized carbons (Fsp3) is 0.417. The first kappa shape index (κ1) is 23.4. The van der Waals surface area contributed by atoms with Crippen LogP contribution in [0.4, 0.5) is 9.52 Å². The molecule has 0 N–H and O–H groups in total. The minimum atomic E-state index is -0.318. The topological polar surface area (TPSA) is 64.1 Å². The summed E-state index contributed by atoms with van der Waals surface area (Å²) in [6.07, 6.45) is 0.791. The number of morpholine rings is 1. The van der Waals surface area contributed by atoms with Crippen LogP contribution in [-0.2, 0) is 9.53 Å². The summed E-state index contributed by atoms with van der Waals surface area (Å²) in [7, 11) is 0. The minimum absolute atomic E-state index is 0.115. The molecule has 0 bridgehead atoms. The van der Waals surface area contributed by atoms with Gasteiger partial charge in [0.1, 0.15) is 17.3 Å². The Morgan fingerprint density at radius 2 is 1.88 bits per heavy atom. The molecule has 9 heteroatoms. The molecule has 0 spiro atoms. The number of anilines is 1. The van der Waals surface area contributed by atoms with Crippen molar-refractivity contribution in [1.82, 2.24) is 9.88 Å². The molecule has 2 aromatic carbocycles. The summed E-state index contributed by atoms with van der Waals surface area (Å²) in [5.74, 6) is 0.834. The molecule has 0 unspecified atom stereocenters. The normalized spacial score (nSPS) is 14.4. The van der Waals surface area contributed by atoms with Crippen molar-refractivity contribution in [3.63, 3.8) is 0 Å². The third-order valence-corrected chi connectivity index (χ3v) is 6.37. The van der Waals surface area contributed by atoms with E-state index in [9.17, 15) is 9.18 Å². The van der Waals surface area contributed by atoms with Gasteiger partial charge in [-0.05, 0) is 55.8 Å². The van der Waals surface area contributed by atoms with Gasteiger partial charge in [0, 0.05) is 26.2 Å². The Morgan fingerprint density at radius 1 is 1.15 bits per heavy atom. The Bertz CT molecular complexity index is 1050. The molecule has 1 fully saturated rings. The van der Waals surface area contributed by atoms with Gasteiger partial charge >= 0.3 is 0 Å². The van der Waals surface area contributed by atoms with Crippen LogP contribution in [0.2, 0.25) is 0 Å². The maximum Gasteiger partial charge on any atom is 0.266 e. The monoisotopic (exact) mass is 473 g/mol. The zero-order valence-electron chi connectivity index (χ0n) is 18.7. The van der Waals surface area contributed by atoms with Crippen molar-refractivity contribution in [2.24, 2.45) is 0 Å². The van der Waals surface area contributed by atoms with Gasteiger partial charge in [-0.3, -0.25) is 14.6 Å². The summed E-state index contributed by atoms with van der Waals surface area (Å²) in [5, 5.41) is 0.554. The molecular formula is C24H28FN3O4S. The first-order chi connectivity index (χ1) is 16.1. The van der Waals surface area contributed by atoms with Gasteiger partial charge in [-0.1, -0.05) is 11.3 Å². The number of halogens is 1. The highest BCUT2D eigenvalue weighted by atomic mass is 32.1. The van der Waals surface area contributed by atoms with Gasteiger partial charge in [-0.25, -0.2) is 9.37 Å². The maximum atomic E-state index is 13.7. The molecule has 1 aromatic heterocycles. The standard InChI is InChI=1S/C24H28FN3O4S/c1-2-31-19-5-7-20(8-6-19)32-17-23(29)28(11-3-10-27-12-14-30-15-13-27)24-26-21-9-4-18(25)16-22(21)33-24/h4-9,16H,2-3,10-15,17H2,1H3. The quantitative estimate of drug-likeness (QED) is 0.444. The van der Waals surface area contributed by atoms with Gasteiger partial charge in [-0.2, -0.15) is 0 Å². The molecule has 0 radical (unpaired) electrons. The second-order valence-electron chi connectivity index (χ2n) is 7.65. The molecular weight excluding hydrogens is 445 g/mol. The fourth-order valence-corrected chi connectivity index (χ4v) is 4.66. The minimum Gasteiger partial charge on any atom is -0.494 e. The van der Waals surface area contributed by atoms with Gasteiger partial charge < -0.3 is 14.2 Å². The molecule has 176 valence electrons. The van der Waals surface area contributed by atoms with E-state index >= 15 is 0 Å². The van der Waals surface area contributed by atoms with Crippen LogP contribution in [0.5, 0.6) is 11.5 Å². The van der Waals surface area contributed by atoms with E-state index in [1.807, 2.05) is 19.1 Å². The maximum absolute atomic E-state index is 13.7. The number of nitrogens with zero attached hydrogens (tertiary/aromatic N) is 3. The second-order valence-corrected chi connectivity index (χ2v) is 8.66. The lowest BCUT2D eigenvalue weighted by Crippen LogP contribution is -2.40. The van der Waals surface area contributed by atoms with Crippen LogP contribution in [-0.4, -0.2) is 68.4 Å². The van der Waals surface area contributed by atoms with Crippen LogP contribution in [0, 0.1) is 5.82 Å². The number of carbonyl (C=O) groups excluding carboxylic acids is 1. The molecule has 0 saturated carbocycles. The number of carbonyl (C=O) groups is 1. The van der Waals surface area contributed by atoms with Crippen molar-refractivity contribution in [3.8, 4) is 11.5 Å². The first-order valence-corrected chi connectivity index (χ1v) is 12.0. The number of hydrogen-bond acceptors (Lipinski definition) is 7. The molecule has 0 aliphatic carbocycles. The number of aromatic nitrogens is 1. The Morgan fingerprint density at radius 3 is 2.61 bits per heavy atom. The number of rotatable bonds is 10. The zero-order valence-corrected chi connectivity index (χ0v) is 19.5. The largest absolute Gasteiger partial charge is 0.494 e. The lowest BCUT2D eigenvalue weighted by Gasteiger charge is -2.27. The van der Waals surface area contributed by atoms with Gasteiger partial charge in [-0.15, -0.1) is 0 Å². The average Bonchev–Trinajstić information content (AvgIpc) is 3.25. The number of amides is 1. The molecule has 3 aromatic rings. The van der Waals surface area contributed by atoms with E-state index in [2.05, 4.69) is 9.88 Å². The van der Waals surface area contributed by atoms with E-state index < -0.39 is 0 Å². The van der Waals surface area contributed by atoms with E-state index in [0.717, 1.165) is 45.0 Å². The zero-order chi connectivity index (χ0) is 23.0. The predicted octanol–water partition coefficient (Wildman–Crippen LogP) is 3.97. The number of benzene rings is 2. The lowest BCUT2D eigenvalue weighted by molar-refractivity contribution is -0.120. The van der Waals surface area contributed by atoms with Gasteiger partial charge in [0.2, 0.25) is 0 Å². The van der Waals surface area contributed by atoms with Crippen molar-refractivity contribution in [3.05, 3.63) is 48.3 Å². The summed E-state index contributed by atoms with van der Waals surface area (Å²) >= 11 is 1.31. The van der Waals surface area contributed by atoms with E-state index in [-0.39, 0.29) is 18.3 Å². The van der Waals surface area contributed by atoms with Crippen LogP contribution < -0.4 is 14.4 Å². The van der Waals surface area contributed by atoms with Crippen molar-refractivity contribution >= 4 is 32.6 Å². The van der Waals surface area contributed by atoms with E-state index in [4.69, 9.17) is 14.2 Å². The van der Waals surface area contributed by atoms with Crippen molar-refractivity contribution in [2.75, 3.05) is 57.5 Å². The molecule has 33 heavy (non-hydrogen) atoms. The van der Waals surface area contributed by atoms with Crippen LogP contribution in [0.25, 0.3) is 10.2 Å². The molecule has 7 nitrogen and oxygen atoms in total. The highest BCUT2D eigenvalue weighted by Gasteiger charge is 2.21. The Balaban J connectivity index is 1.43. The van der Waals surface area contributed by atoms with E-state index in [1.54, 1.807) is 23.1 Å². The summed E-state index contributed by atoms with van der Waals surface area (Å²) in [5.41, 5.74) is 0.676. The Kier molecular flexibility index (Phi) is 8.09. The molecule has 1 saturated heterocycles. The molecule has 1 amide bonds. The van der Waals surface area contributed by atoms with Crippen molar-refractivity contribution in [1.29, 1.82) is 0 Å². The molecule has 4 rings (SSSR count). The van der Waals surface area contributed by atoms with Crippen LogP contribution >= 0.6 is 11.3 Å². The van der Waals surface area contributed by atoms with E-state index in [0.29, 0.717) is 34.2 Å². The van der Waals surface area contributed by atoms with E-state index in [1.165, 1.54) is 23.5 Å². The molecule has 1 aliphatic rings. The number of fused-ring (bicyclic) bond motifs is 1. The Hall–Kier alpha value is -2.75. The first-order valence-electron chi connectivity index (χ1n) is 11.1. The number of hydrogen-bond donors (Lipinski definition) is 0. The van der Waals surface area contributed by atoms with Gasteiger partial charge in [0.15, 0.2) is 11.7 Å². The third kappa shape index (κ3) is 6.40.